The van der Waals surface area contributed by atoms with Crippen LogP contribution in [0.4, 0.5) is 0 Å². The molecule has 6 heavy (non-hydrogen) atoms. The summed E-state index contributed by atoms with van der Waals surface area (Å²) in [6.07, 6.45) is 0. The van der Waals surface area contributed by atoms with Crippen molar-refractivity contribution in [1.29, 1.82) is 0 Å². The minimum atomic E-state index is 0. The summed E-state index contributed by atoms with van der Waals surface area (Å²) >= 11 is 0. The third kappa shape index (κ3) is 66.6. The first-order valence-electron chi connectivity index (χ1n) is 1.34. The van der Waals surface area contributed by atoms with Crippen LogP contribution < -0.4 is 0 Å². The maximum Gasteiger partial charge on any atom is 0.316 e. The number of hydrogen-bond donors (Lipinski definition) is 0. The second kappa shape index (κ2) is 9.48. The Balaban J connectivity index is -0.0000000450. The largest absolute Gasteiger partial charge is 0.412 e. The third-order valence-corrected chi connectivity index (χ3v) is 0. The lowest BCUT2D eigenvalue weighted by atomic mass is 11.9. The highest BCUT2D eigenvalue weighted by atomic mass is 31.1. The van der Waals surface area contributed by atoms with Gasteiger partial charge in [0.05, 0.1) is 0 Å². The molecular weight excluding hydrogens is 107 g/mol. The van der Waals surface area contributed by atoms with E-state index in [4.69, 9.17) is 0 Å². The van der Waals surface area contributed by atoms with Crippen molar-refractivity contribution in [3.8, 4) is 0 Å². The molecule has 0 aliphatic heterocycles. The zero-order valence-corrected chi connectivity index (χ0v) is 4.84. The van der Waals surface area contributed by atoms with E-state index in [2.05, 4.69) is 20.0 Å². The fraction of sp³-hybridized carbons (Fsp3) is 1.00. The van der Waals surface area contributed by atoms with Crippen molar-refractivity contribution in [3.05, 3.63) is 0 Å². The molecule has 0 aliphatic rings. The van der Waals surface area contributed by atoms with E-state index in [1.54, 1.807) is 0 Å². The Morgan fingerprint density at radius 1 is 1.00 bits per heavy atom. The lowest BCUT2D eigenvalue weighted by Crippen LogP contribution is -1.48. The van der Waals surface area contributed by atoms with E-state index in [9.17, 15) is 0 Å². The van der Waals surface area contributed by atoms with Crippen LogP contribution in [0.25, 0.3) is 0 Å². The molecule has 0 heterocycles. The molecule has 0 saturated heterocycles. The van der Waals surface area contributed by atoms with Crippen molar-refractivity contribution in [2.75, 3.05) is 20.0 Å². The van der Waals surface area contributed by atoms with Crippen molar-refractivity contribution in [3.63, 3.8) is 0 Å². The molecule has 0 saturated carbocycles. The van der Waals surface area contributed by atoms with Crippen LogP contribution >= 0.6 is 7.92 Å². The molecule has 38 valence electrons. The van der Waals surface area contributed by atoms with Gasteiger partial charge in [-0.25, -0.2) is 0 Å². The predicted molar refractivity (Wildman–Crippen MR) is 36.8 cm³/mol. The molecule has 0 aromatic heterocycles. The first kappa shape index (κ1) is 15.7. The molecular formula is C3H13MgOP. The summed E-state index contributed by atoms with van der Waals surface area (Å²) in [6, 6.07) is 0. The molecule has 0 fully saturated rings. The first-order valence-corrected chi connectivity index (χ1v) is 4.02. The maximum absolute atomic E-state index is 2.23. The van der Waals surface area contributed by atoms with Crippen molar-refractivity contribution in [2.45, 2.75) is 0 Å². The van der Waals surface area contributed by atoms with Crippen LogP contribution in [0.3, 0.4) is 0 Å². The van der Waals surface area contributed by atoms with E-state index in [1.165, 1.54) is 0 Å². The van der Waals surface area contributed by atoms with Crippen molar-refractivity contribution < 1.29 is 5.48 Å². The van der Waals surface area contributed by atoms with Crippen molar-refractivity contribution >= 4 is 31.0 Å². The average Bonchev–Trinajstić information content (AvgIpc) is 0.811. The van der Waals surface area contributed by atoms with E-state index in [0.717, 1.165) is 0 Å². The minimum absolute atomic E-state index is 0. The molecule has 0 atom stereocenters. The number of rotatable bonds is 0. The van der Waals surface area contributed by atoms with Crippen LogP contribution in [0.1, 0.15) is 0 Å². The van der Waals surface area contributed by atoms with E-state index < -0.39 is 0 Å². The molecule has 2 N–H and O–H groups in total. The fourth-order valence-electron chi connectivity index (χ4n) is 0. The summed E-state index contributed by atoms with van der Waals surface area (Å²) < 4.78 is 0. The average molecular weight is 120 g/mol. The second-order valence-electron chi connectivity index (χ2n) is 1.34. The minimum Gasteiger partial charge on any atom is -0.412 e. The van der Waals surface area contributed by atoms with E-state index in [0.29, 0.717) is 7.92 Å². The fourth-order valence-corrected chi connectivity index (χ4v) is 0. The summed E-state index contributed by atoms with van der Waals surface area (Å²) in [6.45, 7) is 6.69. The Kier molecular flexibility index (Phi) is 24.8. The van der Waals surface area contributed by atoms with Crippen molar-refractivity contribution in [1.82, 2.24) is 0 Å². The summed E-state index contributed by atoms with van der Waals surface area (Å²) in [5.74, 6) is 0. The highest BCUT2D eigenvalue weighted by Crippen LogP contribution is 2.14. The number of hydrogen-bond acceptors (Lipinski definition) is 0. The van der Waals surface area contributed by atoms with Gasteiger partial charge < -0.3 is 5.48 Å². The van der Waals surface area contributed by atoms with E-state index in [-0.39, 0.29) is 28.5 Å². The summed E-state index contributed by atoms with van der Waals surface area (Å²) in [5, 5.41) is 0. The summed E-state index contributed by atoms with van der Waals surface area (Å²) in [7, 11) is 0.380. The maximum atomic E-state index is 2.23. The summed E-state index contributed by atoms with van der Waals surface area (Å²) in [5.41, 5.74) is 0. The molecule has 3 heteroatoms. The zero-order valence-electron chi connectivity index (χ0n) is 3.95. The molecule has 0 rings (SSSR count). The quantitative estimate of drug-likeness (QED) is 0.308. The Bertz CT molecular complexity index is 15.5. The molecule has 0 radical (unpaired) electrons. The third-order valence-electron chi connectivity index (χ3n) is 0. The van der Waals surface area contributed by atoms with Crippen LogP contribution in [-0.4, -0.2) is 48.5 Å². The normalized spacial score (nSPS) is 6.00. The highest BCUT2D eigenvalue weighted by molar-refractivity contribution is 7.55. The van der Waals surface area contributed by atoms with Gasteiger partial charge in [0.15, 0.2) is 0 Å². The lowest BCUT2D eigenvalue weighted by Gasteiger charge is -1.81. The zero-order chi connectivity index (χ0) is 3.58. The Morgan fingerprint density at radius 2 is 1.00 bits per heavy atom. The van der Waals surface area contributed by atoms with Crippen LogP contribution in [-0.2, 0) is 0 Å². The first-order chi connectivity index (χ1) is 1.73. The molecule has 0 aromatic carbocycles. The van der Waals surface area contributed by atoms with Gasteiger partial charge in [-0.1, -0.05) is 0 Å². The second-order valence-corrected chi connectivity index (χ2v) is 4.02. The van der Waals surface area contributed by atoms with Gasteiger partial charge >= 0.3 is 23.1 Å². The van der Waals surface area contributed by atoms with Gasteiger partial charge in [0, 0.05) is 0 Å². The van der Waals surface area contributed by atoms with Crippen LogP contribution in [0.5, 0.6) is 0 Å². The molecule has 0 unspecified atom stereocenters. The molecule has 0 bridgehead atoms. The van der Waals surface area contributed by atoms with Gasteiger partial charge in [0.25, 0.3) is 0 Å². The molecule has 0 amide bonds. The standard InChI is InChI=1S/C3H9P.Mg.H2O.2H/c1-4(2)3;;;;/h1-3H3;;1H2;;. The lowest BCUT2D eigenvalue weighted by molar-refractivity contribution is 0.824. The van der Waals surface area contributed by atoms with Crippen LogP contribution in [0.2, 0.25) is 0 Å². The Labute approximate surface area is 56.7 Å². The van der Waals surface area contributed by atoms with Crippen molar-refractivity contribution in [2.24, 2.45) is 0 Å². The van der Waals surface area contributed by atoms with Crippen LogP contribution in [0.15, 0.2) is 0 Å². The van der Waals surface area contributed by atoms with Gasteiger partial charge in [-0.05, 0) is 20.0 Å². The van der Waals surface area contributed by atoms with Gasteiger partial charge in [-0.3, -0.25) is 0 Å². The topological polar surface area (TPSA) is 31.5 Å². The monoisotopic (exact) mass is 120 g/mol. The van der Waals surface area contributed by atoms with Gasteiger partial charge in [0.1, 0.15) is 0 Å². The smallest absolute Gasteiger partial charge is 0.316 e. The SMILES string of the molecule is CP(C)C.O.[MgH2]. The molecule has 0 aromatic rings. The molecule has 0 spiro atoms. The Hall–Kier alpha value is 1.16. The van der Waals surface area contributed by atoms with Crippen LogP contribution in [0, 0.1) is 0 Å². The summed E-state index contributed by atoms with van der Waals surface area (Å²) in [4.78, 5) is 0. The van der Waals surface area contributed by atoms with E-state index in [1.807, 2.05) is 0 Å². The Morgan fingerprint density at radius 3 is 1.00 bits per heavy atom. The molecule has 0 aliphatic carbocycles. The van der Waals surface area contributed by atoms with Gasteiger partial charge in [-0.2, -0.15) is 0 Å². The highest BCUT2D eigenvalue weighted by Gasteiger charge is 1.65. The predicted octanol–water partition coefficient (Wildman–Crippen LogP) is -0.383. The van der Waals surface area contributed by atoms with Gasteiger partial charge in [-0.15, -0.1) is 7.92 Å². The van der Waals surface area contributed by atoms with E-state index >= 15 is 0 Å². The molecule has 1 nitrogen and oxygen atoms in total. The van der Waals surface area contributed by atoms with Gasteiger partial charge in [0.2, 0.25) is 0 Å².